The van der Waals surface area contributed by atoms with Crippen LogP contribution in [0.4, 0.5) is 11.4 Å². The molecule has 0 aliphatic carbocycles. The zero-order valence-corrected chi connectivity index (χ0v) is 10.7. The number of benzene rings is 2. The summed E-state index contributed by atoms with van der Waals surface area (Å²) >= 11 is 5.96. The van der Waals surface area contributed by atoms with E-state index in [9.17, 15) is 4.79 Å². The Morgan fingerprint density at radius 3 is 2.61 bits per heavy atom. The molecule has 0 atom stereocenters. The Morgan fingerprint density at radius 2 is 1.94 bits per heavy atom. The third-order valence-electron chi connectivity index (χ3n) is 2.66. The lowest BCUT2D eigenvalue weighted by atomic mass is 10.1. The first-order valence-electron chi connectivity index (χ1n) is 5.50. The van der Waals surface area contributed by atoms with Crippen LogP contribution < -0.4 is 11.1 Å². The zero-order valence-electron chi connectivity index (χ0n) is 9.91. The maximum Gasteiger partial charge on any atom is 0.257 e. The normalized spacial score (nSPS) is 10.1. The quantitative estimate of drug-likeness (QED) is 0.812. The molecule has 18 heavy (non-hydrogen) atoms. The van der Waals surface area contributed by atoms with Gasteiger partial charge >= 0.3 is 0 Å². The Morgan fingerprint density at radius 1 is 1.22 bits per heavy atom. The molecule has 0 saturated heterocycles. The summed E-state index contributed by atoms with van der Waals surface area (Å²) in [6.45, 7) is 1.91. The van der Waals surface area contributed by atoms with E-state index in [1.165, 1.54) is 0 Å². The van der Waals surface area contributed by atoms with Crippen LogP contribution in [0.2, 0.25) is 5.02 Å². The summed E-state index contributed by atoms with van der Waals surface area (Å²) in [5.74, 6) is -0.246. The summed E-state index contributed by atoms with van der Waals surface area (Å²) in [5, 5.41) is 3.19. The Kier molecular flexibility index (Phi) is 3.53. The van der Waals surface area contributed by atoms with Crippen molar-refractivity contribution in [2.75, 3.05) is 11.1 Å². The largest absolute Gasteiger partial charge is 0.398 e. The summed E-state index contributed by atoms with van der Waals surface area (Å²) < 4.78 is 0. The van der Waals surface area contributed by atoms with E-state index in [1.54, 1.807) is 36.4 Å². The van der Waals surface area contributed by atoms with Crippen LogP contribution in [0.25, 0.3) is 0 Å². The molecule has 3 nitrogen and oxygen atoms in total. The number of carbonyl (C=O) groups is 1. The number of amides is 1. The fourth-order valence-electron chi connectivity index (χ4n) is 1.56. The lowest BCUT2D eigenvalue weighted by Gasteiger charge is -2.08. The second-order valence-corrected chi connectivity index (χ2v) is 4.41. The van der Waals surface area contributed by atoms with Gasteiger partial charge in [0.2, 0.25) is 0 Å². The van der Waals surface area contributed by atoms with E-state index in [-0.39, 0.29) is 5.91 Å². The van der Waals surface area contributed by atoms with E-state index < -0.39 is 0 Å². The van der Waals surface area contributed by atoms with Crippen LogP contribution in [0.15, 0.2) is 42.5 Å². The number of halogens is 1. The van der Waals surface area contributed by atoms with E-state index in [0.717, 1.165) is 5.56 Å². The van der Waals surface area contributed by atoms with Gasteiger partial charge in [-0.1, -0.05) is 29.8 Å². The van der Waals surface area contributed by atoms with Gasteiger partial charge in [0.25, 0.3) is 5.91 Å². The highest BCUT2D eigenvalue weighted by atomic mass is 35.5. The second-order valence-electron chi connectivity index (χ2n) is 4.01. The highest BCUT2D eigenvalue weighted by molar-refractivity contribution is 6.34. The number of aryl methyl sites for hydroxylation is 1. The molecular weight excluding hydrogens is 248 g/mol. The molecule has 0 fully saturated rings. The Hall–Kier alpha value is -2.00. The van der Waals surface area contributed by atoms with Gasteiger partial charge in [-0.05, 0) is 36.8 Å². The number of nitrogens with two attached hydrogens (primary N) is 1. The fraction of sp³-hybridized carbons (Fsp3) is 0.0714. The zero-order chi connectivity index (χ0) is 13.1. The highest BCUT2D eigenvalue weighted by Crippen LogP contribution is 2.20. The summed E-state index contributed by atoms with van der Waals surface area (Å²) in [5.41, 5.74) is 8.51. The molecule has 0 unspecified atom stereocenters. The first-order chi connectivity index (χ1) is 8.58. The maximum absolute atomic E-state index is 12.0. The van der Waals surface area contributed by atoms with E-state index in [0.29, 0.717) is 22.0 Å². The van der Waals surface area contributed by atoms with Crippen molar-refractivity contribution < 1.29 is 4.79 Å². The van der Waals surface area contributed by atoms with Gasteiger partial charge in [0.15, 0.2) is 0 Å². The number of rotatable bonds is 2. The van der Waals surface area contributed by atoms with Crippen molar-refractivity contribution in [3.05, 3.63) is 58.6 Å². The second kappa shape index (κ2) is 5.10. The van der Waals surface area contributed by atoms with E-state index in [1.807, 2.05) is 13.0 Å². The predicted octanol–water partition coefficient (Wildman–Crippen LogP) is 3.48. The fourth-order valence-corrected chi connectivity index (χ4v) is 1.78. The number of hydrogen-bond acceptors (Lipinski definition) is 2. The SMILES string of the molecule is Cc1ccc(NC(=O)c2ccccc2Cl)cc1N. The average Bonchev–Trinajstić information content (AvgIpc) is 2.34. The van der Waals surface area contributed by atoms with E-state index >= 15 is 0 Å². The number of anilines is 2. The Labute approximate surface area is 111 Å². The molecule has 0 bridgehead atoms. The Balaban J connectivity index is 2.22. The van der Waals surface area contributed by atoms with Gasteiger partial charge in [-0.3, -0.25) is 4.79 Å². The van der Waals surface area contributed by atoms with Gasteiger partial charge in [-0.15, -0.1) is 0 Å². The summed E-state index contributed by atoms with van der Waals surface area (Å²) in [6, 6.07) is 12.3. The van der Waals surface area contributed by atoms with Crippen molar-refractivity contribution in [3.8, 4) is 0 Å². The van der Waals surface area contributed by atoms with Gasteiger partial charge in [-0.25, -0.2) is 0 Å². The van der Waals surface area contributed by atoms with Crippen molar-refractivity contribution in [1.29, 1.82) is 0 Å². The monoisotopic (exact) mass is 260 g/mol. The third kappa shape index (κ3) is 2.63. The smallest absolute Gasteiger partial charge is 0.257 e. The number of hydrogen-bond donors (Lipinski definition) is 2. The molecule has 0 radical (unpaired) electrons. The van der Waals surface area contributed by atoms with Crippen LogP contribution in [-0.2, 0) is 0 Å². The summed E-state index contributed by atoms with van der Waals surface area (Å²) in [7, 11) is 0. The predicted molar refractivity (Wildman–Crippen MR) is 75.0 cm³/mol. The van der Waals surface area contributed by atoms with Crippen LogP contribution in [-0.4, -0.2) is 5.91 Å². The third-order valence-corrected chi connectivity index (χ3v) is 2.99. The Bertz CT molecular complexity index is 596. The van der Waals surface area contributed by atoms with Crippen LogP contribution in [0.5, 0.6) is 0 Å². The van der Waals surface area contributed by atoms with Gasteiger partial charge in [0.1, 0.15) is 0 Å². The summed E-state index contributed by atoms with van der Waals surface area (Å²) in [4.78, 5) is 12.0. The van der Waals surface area contributed by atoms with Crippen LogP contribution in [0, 0.1) is 6.92 Å². The molecule has 2 aromatic rings. The average molecular weight is 261 g/mol. The molecule has 0 saturated carbocycles. The van der Waals surface area contributed by atoms with Gasteiger partial charge in [0.05, 0.1) is 10.6 Å². The van der Waals surface area contributed by atoms with Crippen LogP contribution >= 0.6 is 11.6 Å². The van der Waals surface area contributed by atoms with Crippen molar-refractivity contribution in [1.82, 2.24) is 0 Å². The molecule has 4 heteroatoms. The minimum atomic E-state index is -0.246. The molecular formula is C14H13ClN2O. The summed E-state index contributed by atoms with van der Waals surface area (Å²) in [6.07, 6.45) is 0. The highest BCUT2D eigenvalue weighted by Gasteiger charge is 2.09. The molecule has 0 aliphatic heterocycles. The minimum absolute atomic E-state index is 0.246. The molecule has 92 valence electrons. The number of nitrogen functional groups attached to an aromatic ring is 1. The number of carbonyl (C=O) groups excluding carboxylic acids is 1. The first kappa shape index (κ1) is 12.5. The van der Waals surface area contributed by atoms with Crippen LogP contribution in [0.3, 0.4) is 0 Å². The topological polar surface area (TPSA) is 55.1 Å². The number of nitrogens with one attached hydrogen (secondary N) is 1. The lowest BCUT2D eigenvalue weighted by molar-refractivity contribution is 0.102. The van der Waals surface area contributed by atoms with Gasteiger partial charge in [-0.2, -0.15) is 0 Å². The molecule has 1 amide bonds. The standard InChI is InChI=1S/C14H13ClN2O/c1-9-6-7-10(8-13(9)16)17-14(18)11-4-2-3-5-12(11)15/h2-8H,16H2,1H3,(H,17,18). The van der Waals surface area contributed by atoms with Crippen molar-refractivity contribution in [2.45, 2.75) is 6.92 Å². The molecule has 0 spiro atoms. The van der Waals surface area contributed by atoms with Crippen LogP contribution in [0.1, 0.15) is 15.9 Å². The molecule has 2 aromatic carbocycles. The lowest BCUT2D eigenvalue weighted by Crippen LogP contribution is -2.12. The first-order valence-corrected chi connectivity index (χ1v) is 5.88. The van der Waals surface area contributed by atoms with Crippen molar-refractivity contribution in [3.63, 3.8) is 0 Å². The maximum atomic E-state index is 12.0. The molecule has 0 aliphatic rings. The van der Waals surface area contributed by atoms with E-state index in [2.05, 4.69) is 5.32 Å². The van der Waals surface area contributed by atoms with Crippen molar-refractivity contribution >= 4 is 28.9 Å². The van der Waals surface area contributed by atoms with Crippen molar-refractivity contribution in [2.24, 2.45) is 0 Å². The van der Waals surface area contributed by atoms with E-state index in [4.69, 9.17) is 17.3 Å². The van der Waals surface area contributed by atoms with Gasteiger partial charge < -0.3 is 11.1 Å². The van der Waals surface area contributed by atoms with Gasteiger partial charge in [0, 0.05) is 11.4 Å². The molecule has 0 aromatic heterocycles. The molecule has 0 heterocycles. The molecule has 3 N–H and O–H groups in total. The molecule has 2 rings (SSSR count). The minimum Gasteiger partial charge on any atom is -0.398 e.